The second-order valence-corrected chi connectivity index (χ2v) is 5.11. The zero-order valence-electron chi connectivity index (χ0n) is 13.0. The van der Waals surface area contributed by atoms with Crippen LogP contribution >= 0.6 is 0 Å². The fourth-order valence-corrected chi connectivity index (χ4v) is 1.68. The van der Waals surface area contributed by atoms with Crippen molar-refractivity contribution in [2.75, 3.05) is 6.54 Å². The first-order valence-corrected chi connectivity index (χ1v) is 7.11. The molecule has 0 aromatic heterocycles. The number of alkyl carbamates (subject to hydrolysis) is 1. The zero-order chi connectivity index (χ0) is 17.2. The molecule has 122 valence electrons. The van der Waals surface area contributed by atoms with E-state index in [4.69, 9.17) is 10.00 Å². The van der Waals surface area contributed by atoms with Crippen molar-refractivity contribution >= 4 is 17.8 Å². The van der Waals surface area contributed by atoms with Gasteiger partial charge in [0.2, 0.25) is 5.91 Å². The summed E-state index contributed by atoms with van der Waals surface area (Å²) in [6, 6.07) is 10.5. The summed E-state index contributed by atoms with van der Waals surface area (Å²) < 4.78 is 4.93. The molecule has 0 spiro atoms. The molecule has 0 fully saturated rings. The second-order valence-electron chi connectivity index (χ2n) is 5.11. The fraction of sp³-hybridized carbons (Fsp3) is 0.375. The van der Waals surface area contributed by atoms with Gasteiger partial charge in [0, 0.05) is 6.04 Å². The summed E-state index contributed by atoms with van der Waals surface area (Å²) >= 11 is 0. The van der Waals surface area contributed by atoms with Gasteiger partial charge in [-0.05, 0) is 19.4 Å². The number of benzene rings is 1. The van der Waals surface area contributed by atoms with Gasteiger partial charge in [0.05, 0.1) is 12.6 Å². The highest BCUT2D eigenvalue weighted by Gasteiger charge is 2.26. The Morgan fingerprint density at radius 1 is 1.22 bits per heavy atom. The molecule has 2 N–H and O–H groups in total. The Hall–Kier alpha value is -2.88. The van der Waals surface area contributed by atoms with Crippen molar-refractivity contribution in [2.24, 2.45) is 5.92 Å². The summed E-state index contributed by atoms with van der Waals surface area (Å²) in [5, 5.41) is 13.6. The van der Waals surface area contributed by atoms with Crippen LogP contribution in [0.4, 0.5) is 4.79 Å². The topological polar surface area (TPSA) is 108 Å². The summed E-state index contributed by atoms with van der Waals surface area (Å²) in [5.74, 6) is -2.82. The van der Waals surface area contributed by atoms with Crippen LogP contribution in [0.3, 0.4) is 0 Å². The molecule has 1 aromatic rings. The van der Waals surface area contributed by atoms with E-state index in [0.717, 1.165) is 5.56 Å². The molecule has 23 heavy (non-hydrogen) atoms. The molecule has 0 saturated heterocycles. The zero-order valence-corrected chi connectivity index (χ0v) is 13.0. The first kappa shape index (κ1) is 18.2. The Kier molecular flexibility index (Phi) is 7.27. The molecule has 0 saturated carbocycles. The third kappa shape index (κ3) is 6.61. The quantitative estimate of drug-likeness (QED) is 0.733. The number of nitrogens with one attached hydrogen (secondary N) is 2. The Bertz CT molecular complexity index is 593. The number of hydrogen-bond acceptors (Lipinski definition) is 5. The largest absolute Gasteiger partial charge is 0.445 e. The highest BCUT2D eigenvalue weighted by Crippen LogP contribution is 2.01. The van der Waals surface area contributed by atoms with Gasteiger partial charge in [-0.1, -0.05) is 30.3 Å². The summed E-state index contributed by atoms with van der Waals surface area (Å²) in [6.07, 6.45) is -0.789. The van der Waals surface area contributed by atoms with Gasteiger partial charge in [0.25, 0.3) is 0 Å². The summed E-state index contributed by atoms with van der Waals surface area (Å²) in [7, 11) is 0. The molecule has 7 heteroatoms. The van der Waals surface area contributed by atoms with E-state index in [2.05, 4.69) is 10.6 Å². The lowest BCUT2D eigenvalue weighted by Crippen LogP contribution is -2.42. The van der Waals surface area contributed by atoms with Crippen molar-refractivity contribution in [2.45, 2.75) is 26.5 Å². The monoisotopic (exact) mass is 317 g/mol. The van der Waals surface area contributed by atoms with Crippen LogP contribution in [0.2, 0.25) is 0 Å². The van der Waals surface area contributed by atoms with Gasteiger partial charge in [-0.2, -0.15) is 5.26 Å². The Balaban J connectivity index is 2.40. The fourth-order valence-electron chi connectivity index (χ4n) is 1.68. The van der Waals surface area contributed by atoms with Crippen LogP contribution < -0.4 is 10.6 Å². The Labute approximate surface area is 134 Å². The molecule has 0 aliphatic rings. The summed E-state index contributed by atoms with van der Waals surface area (Å²) in [6.45, 7) is 3.06. The highest BCUT2D eigenvalue weighted by atomic mass is 16.5. The SMILES string of the molecule is CC(C)NC(=O)C(C#N)C(=O)CNC(=O)OCc1ccccc1. The first-order valence-electron chi connectivity index (χ1n) is 7.11. The first-order chi connectivity index (χ1) is 10.9. The van der Waals surface area contributed by atoms with Crippen molar-refractivity contribution in [3.8, 4) is 6.07 Å². The standard InChI is InChI=1S/C16H19N3O4/c1-11(2)19-15(21)13(8-17)14(20)9-18-16(22)23-10-12-6-4-3-5-7-12/h3-7,11,13H,9-10H2,1-2H3,(H,18,22)(H,19,21). The Morgan fingerprint density at radius 2 is 1.87 bits per heavy atom. The number of nitrogens with zero attached hydrogens (tertiary/aromatic N) is 1. The third-order valence-corrected chi connectivity index (χ3v) is 2.76. The van der Waals surface area contributed by atoms with E-state index in [-0.39, 0.29) is 12.6 Å². The molecule has 1 rings (SSSR count). The number of carbonyl (C=O) groups excluding carboxylic acids is 3. The van der Waals surface area contributed by atoms with E-state index in [1.165, 1.54) is 0 Å². The summed E-state index contributed by atoms with van der Waals surface area (Å²) in [4.78, 5) is 35.0. The smallest absolute Gasteiger partial charge is 0.407 e. The molecule has 1 atom stereocenters. The lowest BCUT2D eigenvalue weighted by Gasteiger charge is -2.12. The maximum atomic E-state index is 11.8. The molecular weight excluding hydrogens is 298 g/mol. The molecule has 0 heterocycles. The second kappa shape index (κ2) is 9.20. The van der Waals surface area contributed by atoms with E-state index in [1.807, 2.05) is 18.2 Å². The predicted octanol–water partition coefficient (Wildman–Crippen LogP) is 1.15. The van der Waals surface area contributed by atoms with Crippen LogP contribution in [0.5, 0.6) is 0 Å². The molecular formula is C16H19N3O4. The van der Waals surface area contributed by atoms with Crippen molar-refractivity contribution in [3.05, 3.63) is 35.9 Å². The van der Waals surface area contributed by atoms with E-state index >= 15 is 0 Å². The number of carbonyl (C=O) groups is 3. The molecule has 0 aliphatic carbocycles. The van der Waals surface area contributed by atoms with Crippen molar-refractivity contribution < 1.29 is 19.1 Å². The number of Topliss-reactive ketones (excluding diaryl/α,β-unsaturated/α-hetero) is 1. The van der Waals surface area contributed by atoms with Crippen LogP contribution in [0.1, 0.15) is 19.4 Å². The normalized spacial score (nSPS) is 11.2. The number of hydrogen-bond donors (Lipinski definition) is 2. The van der Waals surface area contributed by atoms with Gasteiger partial charge in [0.1, 0.15) is 6.61 Å². The van der Waals surface area contributed by atoms with Gasteiger partial charge in [-0.25, -0.2) is 4.79 Å². The maximum absolute atomic E-state index is 11.8. The summed E-state index contributed by atoms with van der Waals surface area (Å²) in [5.41, 5.74) is 0.806. The van der Waals surface area contributed by atoms with E-state index in [9.17, 15) is 14.4 Å². The number of rotatable bonds is 7. The average Bonchev–Trinajstić information content (AvgIpc) is 2.52. The molecule has 7 nitrogen and oxygen atoms in total. The van der Waals surface area contributed by atoms with Crippen molar-refractivity contribution in [1.29, 1.82) is 5.26 Å². The number of ketones is 1. The third-order valence-electron chi connectivity index (χ3n) is 2.76. The molecule has 1 aromatic carbocycles. The van der Waals surface area contributed by atoms with Crippen LogP contribution in [0.15, 0.2) is 30.3 Å². The number of ether oxygens (including phenoxy) is 1. The average molecular weight is 317 g/mol. The number of nitriles is 1. The predicted molar refractivity (Wildman–Crippen MR) is 82.0 cm³/mol. The van der Waals surface area contributed by atoms with Gasteiger partial charge in [-0.15, -0.1) is 0 Å². The van der Waals surface area contributed by atoms with E-state index in [0.29, 0.717) is 0 Å². The molecule has 1 unspecified atom stereocenters. The van der Waals surface area contributed by atoms with Gasteiger partial charge >= 0.3 is 6.09 Å². The van der Waals surface area contributed by atoms with Gasteiger partial charge in [-0.3, -0.25) is 9.59 Å². The van der Waals surface area contributed by atoms with E-state index in [1.54, 1.807) is 32.0 Å². The molecule has 0 aliphatic heterocycles. The van der Waals surface area contributed by atoms with Crippen LogP contribution in [-0.2, 0) is 20.9 Å². The lowest BCUT2D eigenvalue weighted by molar-refractivity contribution is -0.131. The van der Waals surface area contributed by atoms with Crippen LogP contribution in [-0.4, -0.2) is 30.4 Å². The van der Waals surface area contributed by atoms with Gasteiger partial charge < -0.3 is 15.4 Å². The minimum atomic E-state index is -1.45. The minimum Gasteiger partial charge on any atom is -0.445 e. The van der Waals surface area contributed by atoms with Gasteiger partial charge in [0.15, 0.2) is 11.7 Å². The van der Waals surface area contributed by atoms with Crippen molar-refractivity contribution in [3.63, 3.8) is 0 Å². The van der Waals surface area contributed by atoms with E-state index < -0.39 is 30.2 Å². The maximum Gasteiger partial charge on any atom is 0.407 e. The minimum absolute atomic E-state index is 0.0659. The van der Waals surface area contributed by atoms with Crippen molar-refractivity contribution in [1.82, 2.24) is 10.6 Å². The lowest BCUT2D eigenvalue weighted by atomic mass is 10.0. The molecule has 2 amide bonds. The Morgan fingerprint density at radius 3 is 2.43 bits per heavy atom. The highest BCUT2D eigenvalue weighted by molar-refractivity contribution is 6.05. The number of amides is 2. The van der Waals surface area contributed by atoms with Crippen LogP contribution in [0.25, 0.3) is 0 Å². The molecule has 0 bridgehead atoms. The van der Waals surface area contributed by atoms with Crippen LogP contribution in [0, 0.1) is 17.2 Å². The molecule has 0 radical (unpaired) electrons.